The number of hydrogen-bond donors (Lipinski definition) is 2. The number of morpholine rings is 1. The fraction of sp³-hybridized carbons (Fsp3) is 0.385. The maximum absolute atomic E-state index is 12.5. The molecule has 1 aliphatic rings. The monoisotopic (exact) mass is 319 g/mol. The summed E-state index contributed by atoms with van der Waals surface area (Å²) >= 11 is 0. The van der Waals surface area contributed by atoms with E-state index in [1.54, 1.807) is 0 Å². The van der Waals surface area contributed by atoms with Crippen molar-refractivity contribution < 1.29 is 37.7 Å². The molecule has 0 saturated carbocycles. The lowest BCUT2D eigenvalue weighted by Crippen LogP contribution is -2.48. The Morgan fingerprint density at radius 2 is 2.00 bits per heavy atom. The van der Waals surface area contributed by atoms with E-state index in [4.69, 9.17) is 9.84 Å². The number of nitrogens with zero attached hydrogens (tertiary/aromatic N) is 1. The number of carboxylic acid groups (broad SMARTS) is 1. The lowest BCUT2D eigenvalue weighted by molar-refractivity contribution is -0.154. The Kier molecular flexibility index (Phi) is 4.27. The second-order valence-electron chi connectivity index (χ2n) is 4.68. The van der Waals surface area contributed by atoms with Gasteiger partial charge < -0.3 is 19.8 Å². The van der Waals surface area contributed by atoms with E-state index in [1.807, 2.05) is 0 Å². The van der Waals surface area contributed by atoms with E-state index in [9.17, 15) is 27.9 Å². The van der Waals surface area contributed by atoms with Gasteiger partial charge in [-0.2, -0.15) is 13.2 Å². The second kappa shape index (κ2) is 5.84. The van der Waals surface area contributed by atoms with Gasteiger partial charge in [0.1, 0.15) is 5.75 Å². The Bertz CT molecular complexity index is 602. The van der Waals surface area contributed by atoms with Gasteiger partial charge in [0.25, 0.3) is 5.91 Å². The van der Waals surface area contributed by atoms with Gasteiger partial charge in [0, 0.05) is 6.54 Å². The molecule has 6 nitrogen and oxygen atoms in total. The van der Waals surface area contributed by atoms with Gasteiger partial charge in [-0.05, 0) is 18.2 Å². The molecule has 0 aliphatic carbocycles. The molecule has 22 heavy (non-hydrogen) atoms. The smallest absolute Gasteiger partial charge is 0.416 e. The molecule has 1 aliphatic heterocycles. The van der Waals surface area contributed by atoms with Crippen molar-refractivity contribution in [2.24, 2.45) is 0 Å². The van der Waals surface area contributed by atoms with Gasteiger partial charge in [-0.15, -0.1) is 0 Å². The number of aliphatic carboxylic acids is 1. The number of halogens is 3. The predicted octanol–water partition coefficient (Wildman–Crippen LogP) is 1.34. The fourth-order valence-electron chi connectivity index (χ4n) is 2.04. The van der Waals surface area contributed by atoms with Crippen molar-refractivity contribution >= 4 is 11.9 Å². The van der Waals surface area contributed by atoms with Crippen LogP contribution < -0.4 is 0 Å². The molecular formula is C13H12F3NO5. The van der Waals surface area contributed by atoms with E-state index in [1.165, 1.54) is 0 Å². The number of ether oxygens (including phenoxy) is 1. The number of benzene rings is 1. The number of phenolic OH excluding ortho intramolecular Hbond substituents is 1. The van der Waals surface area contributed by atoms with Crippen LogP contribution in [0.25, 0.3) is 0 Å². The zero-order chi connectivity index (χ0) is 16.5. The highest BCUT2D eigenvalue weighted by molar-refractivity contribution is 5.97. The summed E-state index contributed by atoms with van der Waals surface area (Å²) in [6.07, 6.45) is -5.83. The highest BCUT2D eigenvalue weighted by Gasteiger charge is 2.33. The zero-order valence-electron chi connectivity index (χ0n) is 11.1. The van der Waals surface area contributed by atoms with Crippen LogP contribution in [0.2, 0.25) is 0 Å². The third-order valence-corrected chi connectivity index (χ3v) is 3.18. The van der Waals surface area contributed by atoms with Crippen molar-refractivity contribution in [3.8, 4) is 5.75 Å². The zero-order valence-corrected chi connectivity index (χ0v) is 11.1. The van der Waals surface area contributed by atoms with Gasteiger partial charge >= 0.3 is 12.1 Å². The van der Waals surface area contributed by atoms with Crippen LogP contribution in [0.15, 0.2) is 18.2 Å². The molecule has 120 valence electrons. The summed E-state index contributed by atoms with van der Waals surface area (Å²) in [5.74, 6) is -2.80. The second-order valence-corrected chi connectivity index (χ2v) is 4.68. The number of carboxylic acids is 1. The van der Waals surface area contributed by atoms with Crippen molar-refractivity contribution in [1.29, 1.82) is 0 Å². The van der Waals surface area contributed by atoms with Gasteiger partial charge in [0.2, 0.25) is 0 Å². The maximum atomic E-state index is 12.5. The molecule has 1 fully saturated rings. The molecule has 0 spiro atoms. The Hall–Kier alpha value is -2.29. The molecule has 1 heterocycles. The third kappa shape index (κ3) is 3.30. The van der Waals surface area contributed by atoms with E-state index in [0.29, 0.717) is 12.1 Å². The number of phenols is 1. The third-order valence-electron chi connectivity index (χ3n) is 3.18. The number of carbonyl (C=O) groups is 2. The van der Waals surface area contributed by atoms with Crippen molar-refractivity contribution in [2.45, 2.75) is 12.3 Å². The van der Waals surface area contributed by atoms with Crippen LogP contribution in [0.1, 0.15) is 15.9 Å². The molecule has 1 aromatic rings. The summed E-state index contributed by atoms with van der Waals surface area (Å²) in [6.45, 7) is -0.165. The van der Waals surface area contributed by atoms with Gasteiger partial charge in [-0.25, -0.2) is 4.79 Å². The lowest BCUT2D eigenvalue weighted by Gasteiger charge is -2.31. The summed E-state index contributed by atoms with van der Waals surface area (Å²) < 4.78 is 42.5. The summed E-state index contributed by atoms with van der Waals surface area (Å²) in [5, 5.41) is 18.5. The van der Waals surface area contributed by atoms with Gasteiger partial charge in [0.05, 0.1) is 24.3 Å². The molecule has 0 aromatic heterocycles. The van der Waals surface area contributed by atoms with Gasteiger partial charge in [0.15, 0.2) is 6.10 Å². The number of aromatic hydroxyl groups is 1. The topological polar surface area (TPSA) is 87.1 Å². The van der Waals surface area contributed by atoms with E-state index < -0.39 is 35.5 Å². The summed E-state index contributed by atoms with van der Waals surface area (Å²) in [4.78, 5) is 24.1. The summed E-state index contributed by atoms with van der Waals surface area (Å²) in [7, 11) is 0. The van der Waals surface area contributed by atoms with Crippen molar-refractivity contribution in [3.63, 3.8) is 0 Å². The van der Waals surface area contributed by atoms with Crippen LogP contribution >= 0.6 is 0 Å². The Labute approximate surface area is 122 Å². The van der Waals surface area contributed by atoms with E-state index in [0.717, 1.165) is 11.0 Å². The Balaban J connectivity index is 2.21. The normalized spacial score (nSPS) is 19.0. The molecule has 1 atom stereocenters. The average molecular weight is 319 g/mol. The van der Waals surface area contributed by atoms with Crippen LogP contribution in [0, 0.1) is 0 Å². The van der Waals surface area contributed by atoms with Crippen molar-refractivity contribution in [2.75, 3.05) is 19.7 Å². The van der Waals surface area contributed by atoms with E-state index in [-0.39, 0.29) is 25.3 Å². The van der Waals surface area contributed by atoms with E-state index >= 15 is 0 Å². The number of carbonyl (C=O) groups excluding carboxylic acids is 1. The minimum Gasteiger partial charge on any atom is -0.507 e. The minimum atomic E-state index is -4.63. The van der Waals surface area contributed by atoms with Gasteiger partial charge in [-0.1, -0.05) is 0 Å². The van der Waals surface area contributed by atoms with Crippen LogP contribution in [0.5, 0.6) is 5.75 Å². The Morgan fingerprint density at radius 1 is 1.32 bits per heavy atom. The molecular weight excluding hydrogens is 307 g/mol. The van der Waals surface area contributed by atoms with Gasteiger partial charge in [-0.3, -0.25) is 4.79 Å². The maximum Gasteiger partial charge on any atom is 0.416 e. The number of alkyl halides is 3. The molecule has 1 unspecified atom stereocenters. The molecule has 1 saturated heterocycles. The van der Waals surface area contributed by atoms with Crippen LogP contribution in [0.3, 0.4) is 0 Å². The molecule has 1 aromatic carbocycles. The number of rotatable bonds is 2. The number of amides is 1. The molecule has 1 amide bonds. The van der Waals surface area contributed by atoms with Crippen molar-refractivity contribution in [3.05, 3.63) is 29.3 Å². The molecule has 9 heteroatoms. The highest BCUT2D eigenvalue weighted by atomic mass is 19.4. The van der Waals surface area contributed by atoms with Crippen LogP contribution in [-0.2, 0) is 15.7 Å². The fourth-order valence-corrected chi connectivity index (χ4v) is 2.04. The van der Waals surface area contributed by atoms with Crippen molar-refractivity contribution in [1.82, 2.24) is 4.90 Å². The van der Waals surface area contributed by atoms with E-state index in [2.05, 4.69) is 0 Å². The first-order chi connectivity index (χ1) is 10.2. The average Bonchev–Trinajstić information content (AvgIpc) is 2.45. The Morgan fingerprint density at radius 3 is 2.55 bits per heavy atom. The predicted molar refractivity (Wildman–Crippen MR) is 66.4 cm³/mol. The standard InChI is InChI=1S/C13H12F3NO5/c14-13(15,16)7-1-2-8(9(18)5-7)11(19)17-3-4-22-10(6-17)12(20)21/h1-2,5,10,18H,3-4,6H2,(H,20,21). The minimum absolute atomic E-state index is 0.00982. The molecule has 2 N–H and O–H groups in total. The summed E-state index contributed by atoms with van der Waals surface area (Å²) in [5.41, 5.74) is -1.40. The first kappa shape index (κ1) is 16.1. The quantitative estimate of drug-likeness (QED) is 0.859. The highest BCUT2D eigenvalue weighted by Crippen LogP contribution is 2.33. The SMILES string of the molecule is O=C(O)C1CN(C(=O)c2ccc(C(F)(F)F)cc2O)CCO1. The molecule has 0 bridgehead atoms. The number of hydrogen-bond acceptors (Lipinski definition) is 4. The first-order valence-electron chi connectivity index (χ1n) is 6.24. The molecule has 0 radical (unpaired) electrons. The van der Waals surface area contributed by atoms with Crippen LogP contribution in [0.4, 0.5) is 13.2 Å². The molecule has 2 rings (SSSR count). The first-order valence-corrected chi connectivity index (χ1v) is 6.24. The summed E-state index contributed by atoms with van der Waals surface area (Å²) in [6, 6.07) is 2.01. The van der Waals surface area contributed by atoms with Crippen LogP contribution in [-0.4, -0.2) is 52.8 Å². The lowest BCUT2D eigenvalue weighted by atomic mass is 10.1. The largest absolute Gasteiger partial charge is 0.507 e.